The topological polar surface area (TPSA) is 95.0 Å². The van der Waals surface area contributed by atoms with Crippen LogP contribution in [0.15, 0.2) is 4.99 Å². The van der Waals surface area contributed by atoms with Gasteiger partial charge in [-0.15, -0.1) is 24.0 Å². The Morgan fingerprint density at radius 2 is 1.95 bits per heavy atom. The second-order valence-electron chi connectivity index (χ2n) is 5.19. The Labute approximate surface area is 149 Å². The average Bonchev–Trinajstić information content (AvgIpc) is 2.47. The van der Waals surface area contributed by atoms with E-state index < -0.39 is 0 Å². The summed E-state index contributed by atoms with van der Waals surface area (Å²) >= 11 is 0. The molecular formula is C14H29IN4O3. The zero-order valence-corrected chi connectivity index (χ0v) is 15.8. The van der Waals surface area contributed by atoms with Gasteiger partial charge in [-0.05, 0) is 32.6 Å². The number of amides is 1. The normalized spacial score (nSPS) is 21.7. The molecular weight excluding hydrogens is 399 g/mol. The first kappa shape index (κ1) is 21.4. The fraction of sp³-hybridized carbons (Fsp3) is 0.857. The summed E-state index contributed by atoms with van der Waals surface area (Å²) in [5, 5.41) is 18.7. The lowest BCUT2D eigenvalue weighted by Crippen LogP contribution is -2.45. The van der Waals surface area contributed by atoms with Gasteiger partial charge in [-0.2, -0.15) is 0 Å². The van der Waals surface area contributed by atoms with Crippen molar-refractivity contribution >= 4 is 35.8 Å². The molecule has 0 bridgehead atoms. The number of ether oxygens (including phenoxy) is 1. The van der Waals surface area contributed by atoms with Crippen molar-refractivity contribution in [1.82, 2.24) is 16.0 Å². The lowest BCUT2D eigenvalue weighted by molar-refractivity contribution is -0.119. The summed E-state index contributed by atoms with van der Waals surface area (Å²) in [6, 6.07) is 0.308. The van der Waals surface area contributed by atoms with Crippen LogP contribution in [0, 0.1) is 0 Å². The number of hydrogen-bond acceptors (Lipinski definition) is 4. The standard InChI is InChI=1S/C14H28N4O3.HI/c1-3-15-14(17-10-13(20)16-8-9-21-2)18-11-4-6-12(19)7-5-11;/h11-12,19H,3-10H2,1-2H3,(H,16,20)(H2,15,17,18);1H. The van der Waals surface area contributed by atoms with Gasteiger partial charge in [-0.3, -0.25) is 4.79 Å². The lowest BCUT2D eigenvalue weighted by atomic mass is 9.93. The molecule has 0 saturated heterocycles. The highest BCUT2D eigenvalue weighted by atomic mass is 127. The van der Waals surface area contributed by atoms with Gasteiger partial charge in [-0.25, -0.2) is 4.99 Å². The third kappa shape index (κ3) is 9.42. The molecule has 0 radical (unpaired) electrons. The smallest absolute Gasteiger partial charge is 0.241 e. The third-order valence-electron chi connectivity index (χ3n) is 3.39. The molecule has 1 rings (SSSR count). The van der Waals surface area contributed by atoms with Crippen molar-refractivity contribution < 1.29 is 14.6 Å². The molecule has 8 heteroatoms. The minimum absolute atomic E-state index is 0. The van der Waals surface area contributed by atoms with Crippen LogP contribution in [0.25, 0.3) is 0 Å². The number of methoxy groups -OCH3 is 1. The van der Waals surface area contributed by atoms with Crippen LogP contribution >= 0.6 is 24.0 Å². The van der Waals surface area contributed by atoms with E-state index in [0.717, 1.165) is 32.2 Å². The first-order valence-electron chi connectivity index (χ1n) is 7.64. The number of nitrogens with zero attached hydrogens (tertiary/aromatic N) is 1. The van der Waals surface area contributed by atoms with Crippen LogP contribution in [0.4, 0.5) is 0 Å². The minimum Gasteiger partial charge on any atom is -0.393 e. The monoisotopic (exact) mass is 428 g/mol. The summed E-state index contributed by atoms with van der Waals surface area (Å²) in [5.41, 5.74) is 0. The van der Waals surface area contributed by atoms with E-state index in [4.69, 9.17) is 4.74 Å². The van der Waals surface area contributed by atoms with Gasteiger partial charge in [0.15, 0.2) is 5.96 Å². The fourth-order valence-corrected chi connectivity index (χ4v) is 2.23. The van der Waals surface area contributed by atoms with E-state index in [1.165, 1.54) is 0 Å². The quantitative estimate of drug-likeness (QED) is 0.202. The molecule has 0 aromatic rings. The number of rotatable bonds is 7. The summed E-state index contributed by atoms with van der Waals surface area (Å²) < 4.78 is 4.87. The Kier molecular flexibility index (Phi) is 12.5. The average molecular weight is 428 g/mol. The Hall–Kier alpha value is -0.610. The van der Waals surface area contributed by atoms with Crippen molar-refractivity contribution in [3.8, 4) is 0 Å². The summed E-state index contributed by atoms with van der Waals surface area (Å²) in [4.78, 5) is 15.9. The number of halogens is 1. The van der Waals surface area contributed by atoms with Crippen molar-refractivity contribution in [2.75, 3.05) is 33.4 Å². The zero-order chi connectivity index (χ0) is 15.5. The van der Waals surface area contributed by atoms with E-state index in [2.05, 4.69) is 20.9 Å². The van der Waals surface area contributed by atoms with Gasteiger partial charge < -0.3 is 25.8 Å². The highest BCUT2D eigenvalue weighted by molar-refractivity contribution is 14.0. The Morgan fingerprint density at radius 1 is 1.27 bits per heavy atom. The molecule has 0 unspecified atom stereocenters. The van der Waals surface area contributed by atoms with E-state index >= 15 is 0 Å². The Bertz CT molecular complexity index is 334. The number of hydrogen-bond donors (Lipinski definition) is 4. The highest BCUT2D eigenvalue weighted by Gasteiger charge is 2.19. The second kappa shape index (κ2) is 12.9. The third-order valence-corrected chi connectivity index (χ3v) is 3.39. The summed E-state index contributed by atoms with van der Waals surface area (Å²) in [6.45, 7) is 3.81. The molecule has 0 aromatic carbocycles. The van der Waals surface area contributed by atoms with Gasteiger partial charge in [0.1, 0.15) is 6.54 Å². The predicted octanol–water partition coefficient (Wildman–Crippen LogP) is 0.226. The molecule has 1 amide bonds. The van der Waals surface area contributed by atoms with Crippen LogP contribution in [0.1, 0.15) is 32.6 Å². The largest absolute Gasteiger partial charge is 0.393 e. The highest BCUT2D eigenvalue weighted by Crippen LogP contribution is 2.18. The number of aliphatic hydroxyl groups excluding tert-OH is 1. The fourth-order valence-electron chi connectivity index (χ4n) is 2.23. The summed E-state index contributed by atoms with van der Waals surface area (Å²) in [5.74, 6) is 0.532. The molecule has 0 spiro atoms. The van der Waals surface area contributed by atoms with Crippen molar-refractivity contribution in [2.45, 2.75) is 44.8 Å². The number of aliphatic hydroxyl groups is 1. The minimum atomic E-state index is -0.172. The summed E-state index contributed by atoms with van der Waals surface area (Å²) in [6.07, 6.45) is 3.30. The number of guanidine groups is 1. The molecule has 130 valence electrons. The maximum atomic E-state index is 11.6. The predicted molar refractivity (Wildman–Crippen MR) is 97.7 cm³/mol. The number of carbonyl (C=O) groups excluding carboxylic acids is 1. The van der Waals surface area contributed by atoms with E-state index in [1.54, 1.807) is 7.11 Å². The van der Waals surface area contributed by atoms with Crippen molar-refractivity contribution in [3.05, 3.63) is 0 Å². The van der Waals surface area contributed by atoms with Gasteiger partial charge in [0.2, 0.25) is 5.91 Å². The molecule has 4 N–H and O–H groups in total. The molecule has 1 fully saturated rings. The van der Waals surface area contributed by atoms with Gasteiger partial charge in [-0.1, -0.05) is 0 Å². The maximum Gasteiger partial charge on any atom is 0.241 e. The molecule has 7 nitrogen and oxygen atoms in total. The maximum absolute atomic E-state index is 11.6. The van der Waals surface area contributed by atoms with Crippen LogP contribution in [0.3, 0.4) is 0 Å². The molecule has 1 saturated carbocycles. The van der Waals surface area contributed by atoms with Crippen LogP contribution in [-0.2, 0) is 9.53 Å². The van der Waals surface area contributed by atoms with Crippen LogP contribution in [0.5, 0.6) is 0 Å². The van der Waals surface area contributed by atoms with Crippen molar-refractivity contribution in [1.29, 1.82) is 0 Å². The van der Waals surface area contributed by atoms with E-state index in [-0.39, 0.29) is 42.5 Å². The van der Waals surface area contributed by atoms with Gasteiger partial charge in [0, 0.05) is 26.2 Å². The molecule has 0 aromatic heterocycles. The van der Waals surface area contributed by atoms with Crippen LogP contribution in [-0.4, -0.2) is 62.5 Å². The lowest BCUT2D eigenvalue weighted by Gasteiger charge is -2.27. The molecule has 22 heavy (non-hydrogen) atoms. The number of carbonyl (C=O) groups is 1. The Balaban J connectivity index is 0.00000441. The molecule has 0 heterocycles. The van der Waals surface area contributed by atoms with E-state index in [1.807, 2.05) is 6.92 Å². The SMILES string of the molecule is CCNC(=NCC(=O)NCCOC)NC1CCC(O)CC1.I. The van der Waals surface area contributed by atoms with Gasteiger partial charge in [0.25, 0.3) is 0 Å². The number of nitrogens with one attached hydrogen (secondary N) is 3. The second-order valence-corrected chi connectivity index (χ2v) is 5.19. The Morgan fingerprint density at radius 3 is 2.55 bits per heavy atom. The zero-order valence-electron chi connectivity index (χ0n) is 13.4. The molecule has 0 atom stereocenters. The van der Waals surface area contributed by atoms with E-state index in [9.17, 15) is 9.90 Å². The van der Waals surface area contributed by atoms with Gasteiger partial charge in [0.05, 0.1) is 12.7 Å². The molecule has 0 aliphatic heterocycles. The van der Waals surface area contributed by atoms with Crippen LogP contribution in [0.2, 0.25) is 0 Å². The van der Waals surface area contributed by atoms with Crippen LogP contribution < -0.4 is 16.0 Å². The summed E-state index contributed by atoms with van der Waals surface area (Å²) in [7, 11) is 1.60. The van der Waals surface area contributed by atoms with Gasteiger partial charge >= 0.3 is 0 Å². The first-order chi connectivity index (χ1) is 10.2. The van der Waals surface area contributed by atoms with Crippen molar-refractivity contribution in [3.63, 3.8) is 0 Å². The number of aliphatic imine (C=N–C) groups is 1. The van der Waals surface area contributed by atoms with E-state index in [0.29, 0.717) is 25.2 Å². The first-order valence-corrected chi connectivity index (χ1v) is 7.64. The molecule has 1 aliphatic rings. The van der Waals surface area contributed by atoms with Crippen molar-refractivity contribution in [2.24, 2.45) is 4.99 Å². The molecule has 1 aliphatic carbocycles.